The highest BCUT2D eigenvalue weighted by Gasteiger charge is 2.40. The molecule has 1 aliphatic rings. The maximum Gasteiger partial charge on any atom is 0.278 e. The third-order valence-electron chi connectivity index (χ3n) is 5.01. The van der Waals surface area contributed by atoms with Gasteiger partial charge in [0.1, 0.15) is 11.4 Å². The molecule has 0 radical (unpaired) electrons. The molecule has 0 spiro atoms. The monoisotopic (exact) mass is 422 g/mol. The molecule has 0 saturated heterocycles. The first-order valence-corrected chi connectivity index (χ1v) is 10.7. The highest BCUT2D eigenvalue weighted by molar-refractivity contribution is 6.36. The second-order valence-corrected chi connectivity index (χ2v) is 7.62. The number of amides is 2. The molecular formula is C25H30N2O4. The predicted octanol–water partition coefficient (Wildman–Crippen LogP) is 4.12. The molecule has 6 heteroatoms. The molecule has 1 heterocycles. The number of likely N-dealkylation sites (N-methyl/N-ethyl adjacent to an activating group) is 1. The van der Waals surface area contributed by atoms with Gasteiger partial charge in [-0.2, -0.15) is 0 Å². The summed E-state index contributed by atoms with van der Waals surface area (Å²) < 4.78 is 11.1. The van der Waals surface area contributed by atoms with Crippen molar-refractivity contribution >= 4 is 23.1 Å². The number of imide groups is 1. The van der Waals surface area contributed by atoms with E-state index in [4.69, 9.17) is 9.47 Å². The maximum absolute atomic E-state index is 13.3. The van der Waals surface area contributed by atoms with Crippen LogP contribution in [0.4, 0.5) is 5.69 Å². The van der Waals surface area contributed by atoms with E-state index in [2.05, 4.69) is 0 Å². The van der Waals surface area contributed by atoms with Crippen molar-refractivity contribution in [3.05, 3.63) is 65.9 Å². The topological polar surface area (TPSA) is 59.1 Å². The van der Waals surface area contributed by atoms with Crippen molar-refractivity contribution in [1.82, 2.24) is 4.90 Å². The van der Waals surface area contributed by atoms with Crippen molar-refractivity contribution < 1.29 is 19.1 Å². The van der Waals surface area contributed by atoms with E-state index in [-0.39, 0.29) is 17.9 Å². The first-order chi connectivity index (χ1) is 14.9. The molecule has 0 aromatic heterocycles. The van der Waals surface area contributed by atoms with E-state index in [1.54, 1.807) is 4.90 Å². The summed E-state index contributed by atoms with van der Waals surface area (Å²) in [6.45, 7) is 7.28. The number of benzene rings is 2. The van der Waals surface area contributed by atoms with Gasteiger partial charge >= 0.3 is 0 Å². The van der Waals surface area contributed by atoms with Crippen LogP contribution in [0.1, 0.15) is 32.8 Å². The largest absolute Gasteiger partial charge is 0.491 e. The van der Waals surface area contributed by atoms with E-state index in [0.29, 0.717) is 43.0 Å². The minimum absolute atomic E-state index is 0.0559. The number of carbonyl (C=O) groups excluding carboxylic acids is 2. The molecule has 0 fully saturated rings. The minimum Gasteiger partial charge on any atom is -0.491 e. The lowest BCUT2D eigenvalue weighted by molar-refractivity contribution is -0.137. The number of carbonyl (C=O) groups is 2. The molecule has 164 valence electrons. The van der Waals surface area contributed by atoms with E-state index in [1.807, 2.05) is 82.4 Å². The molecule has 31 heavy (non-hydrogen) atoms. The Morgan fingerprint density at radius 1 is 0.968 bits per heavy atom. The molecule has 0 unspecified atom stereocenters. The summed E-state index contributed by atoms with van der Waals surface area (Å²) in [5.74, 6) is 0.157. The van der Waals surface area contributed by atoms with Crippen LogP contribution in [0.3, 0.4) is 0 Å². The molecule has 2 aromatic rings. The van der Waals surface area contributed by atoms with Gasteiger partial charge in [0.05, 0.1) is 11.7 Å². The van der Waals surface area contributed by atoms with Gasteiger partial charge < -0.3 is 14.4 Å². The molecular weight excluding hydrogens is 392 g/mol. The summed E-state index contributed by atoms with van der Waals surface area (Å²) in [6, 6.07) is 16.9. The second kappa shape index (κ2) is 10.3. The predicted molar refractivity (Wildman–Crippen MR) is 122 cm³/mol. The number of rotatable bonds is 10. The third-order valence-corrected chi connectivity index (χ3v) is 5.01. The zero-order chi connectivity index (χ0) is 22.4. The fraction of sp³-hybridized carbons (Fsp3) is 0.360. The Balaban J connectivity index is 1.97. The summed E-state index contributed by atoms with van der Waals surface area (Å²) in [7, 11) is 1.82. The van der Waals surface area contributed by atoms with E-state index in [0.717, 1.165) is 11.4 Å². The van der Waals surface area contributed by atoms with Gasteiger partial charge in [-0.25, -0.2) is 0 Å². The van der Waals surface area contributed by atoms with Crippen LogP contribution in [0.2, 0.25) is 0 Å². The standard InChI is InChI=1S/C25H30N2O4/c1-5-30-17-9-16-27-24(28)22(19-12-14-21(15-13-19)31-18(2)3)23(25(27)29)26(4)20-10-7-6-8-11-20/h6-8,10-15,18H,5,9,16-17H2,1-4H3. The van der Waals surface area contributed by atoms with Crippen LogP contribution < -0.4 is 9.64 Å². The van der Waals surface area contributed by atoms with Gasteiger partial charge in [-0.15, -0.1) is 0 Å². The lowest BCUT2D eigenvalue weighted by atomic mass is 10.0. The van der Waals surface area contributed by atoms with Crippen molar-refractivity contribution in [1.29, 1.82) is 0 Å². The van der Waals surface area contributed by atoms with E-state index < -0.39 is 0 Å². The molecule has 3 rings (SSSR count). The van der Waals surface area contributed by atoms with Crippen LogP contribution in [-0.4, -0.2) is 49.6 Å². The van der Waals surface area contributed by atoms with Crippen molar-refractivity contribution in [2.75, 3.05) is 31.7 Å². The molecule has 0 N–H and O–H groups in total. The maximum atomic E-state index is 13.3. The Labute approximate surface area is 184 Å². The third kappa shape index (κ3) is 5.14. The average molecular weight is 423 g/mol. The van der Waals surface area contributed by atoms with Gasteiger partial charge in [0.2, 0.25) is 0 Å². The number of ether oxygens (including phenoxy) is 2. The number of anilines is 1. The molecule has 2 aromatic carbocycles. The molecule has 2 amide bonds. The summed E-state index contributed by atoms with van der Waals surface area (Å²) in [5, 5.41) is 0. The lowest BCUT2D eigenvalue weighted by Gasteiger charge is -2.21. The minimum atomic E-state index is -0.287. The summed E-state index contributed by atoms with van der Waals surface area (Å²) in [5.41, 5.74) is 2.32. The van der Waals surface area contributed by atoms with Gasteiger partial charge in [0, 0.05) is 32.5 Å². The molecule has 1 aliphatic heterocycles. The molecule has 0 bridgehead atoms. The van der Waals surface area contributed by atoms with E-state index in [1.165, 1.54) is 4.90 Å². The molecule has 0 atom stereocenters. The zero-order valence-corrected chi connectivity index (χ0v) is 18.6. The van der Waals surface area contributed by atoms with Crippen LogP contribution in [0, 0.1) is 0 Å². The molecule has 0 aliphatic carbocycles. The van der Waals surface area contributed by atoms with Crippen LogP contribution in [0.15, 0.2) is 60.3 Å². The van der Waals surface area contributed by atoms with Gasteiger partial charge in [-0.3, -0.25) is 14.5 Å². The Bertz CT molecular complexity index is 936. The van der Waals surface area contributed by atoms with Gasteiger partial charge in [0.25, 0.3) is 11.8 Å². The lowest BCUT2D eigenvalue weighted by Crippen LogP contribution is -2.35. The number of para-hydroxylation sites is 1. The normalized spacial score (nSPS) is 14.0. The number of nitrogens with zero attached hydrogens (tertiary/aromatic N) is 2. The van der Waals surface area contributed by atoms with Gasteiger partial charge in [0.15, 0.2) is 0 Å². The average Bonchev–Trinajstić information content (AvgIpc) is 3.01. The number of hydrogen-bond donors (Lipinski definition) is 0. The first-order valence-electron chi connectivity index (χ1n) is 10.7. The Hall–Kier alpha value is -3.12. The highest BCUT2D eigenvalue weighted by Crippen LogP contribution is 2.34. The smallest absolute Gasteiger partial charge is 0.278 e. The van der Waals surface area contributed by atoms with Gasteiger partial charge in [-0.05, 0) is 57.0 Å². The van der Waals surface area contributed by atoms with Crippen molar-refractivity contribution in [2.24, 2.45) is 0 Å². The SMILES string of the molecule is CCOCCCN1C(=O)C(c2ccc(OC(C)C)cc2)=C(N(C)c2ccccc2)C1=O. The van der Waals surface area contributed by atoms with E-state index >= 15 is 0 Å². The highest BCUT2D eigenvalue weighted by atomic mass is 16.5. The fourth-order valence-electron chi connectivity index (χ4n) is 3.56. The number of hydrogen-bond acceptors (Lipinski definition) is 5. The van der Waals surface area contributed by atoms with Crippen molar-refractivity contribution in [3.8, 4) is 5.75 Å². The Morgan fingerprint density at radius 3 is 2.26 bits per heavy atom. The van der Waals surface area contributed by atoms with Crippen LogP contribution in [0.5, 0.6) is 5.75 Å². The van der Waals surface area contributed by atoms with Crippen LogP contribution in [-0.2, 0) is 14.3 Å². The van der Waals surface area contributed by atoms with Crippen LogP contribution >= 0.6 is 0 Å². The van der Waals surface area contributed by atoms with Crippen molar-refractivity contribution in [2.45, 2.75) is 33.3 Å². The van der Waals surface area contributed by atoms with Gasteiger partial charge in [-0.1, -0.05) is 30.3 Å². The second-order valence-electron chi connectivity index (χ2n) is 7.62. The molecule has 0 saturated carbocycles. The first kappa shape index (κ1) is 22.6. The Kier molecular flexibility index (Phi) is 7.47. The molecule has 6 nitrogen and oxygen atoms in total. The quantitative estimate of drug-likeness (QED) is 0.426. The summed E-state index contributed by atoms with van der Waals surface area (Å²) in [4.78, 5) is 29.8. The van der Waals surface area contributed by atoms with E-state index in [9.17, 15) is 9.59 Å². The fourth-order valence-corrected chi connectivity index (χ4v) is 3.56. The Morgan fingerprint density at radius 2 is 1.65 bits per heavy atom. The zero-order valence-electron chi connectivity index (χ0n) is 18.6. The summed E-state index contributed by atoms with van der Waals surface area (Å²) in [6.07, 6.45) is 0.655. The van der Waals surface area contributed by atoms with Crippen molar-refractivity contribution in [3.63, 3.8) is 0 Å². The summed E-state index contributed by atoms with van der Waals surface area (Å²) >= 11 is 0. The van der Waals surface area contributed by atoms with Crippen LogP contribution in [0.25, 0.3) is 5.57 Å².